The molecule has 0 radical (unpaired) electrons. The molecule has 0 aliphatic heterocycles. The van der Waals surface area contributed by atoms with E-state index in [2.05, 4.69) is 39.4 Å². The summed E-state index contributed by atoms with van der Waals surface area (Å²) in [4.78, 5) is 0. The van der Waals surface area contributed by atoms with Crippen LogP contribution < -0.4 is 0 Å². The zero-order chi connectivity index (χ0) is 20.6. The van der Waals surface area contributed by atoms with Gasteiger partial charge in [0, 0.05) is 24.2 Å². The van der Waals surface area contributed by atoms with Gasteiger partial charge in [-0.1, -0.05) is 101 Å². The normalized spacial score (nSPS) is 26.8. The van der Waals surface area contributed by atoms with E-state index in [1.807, 2.05) is 0 Å². The maximum Gasteiger partial charge on any atom is 0.0768 e. The van der Waals surface area contributed by atoms with Gasteiger partial charge in [-0.05, 0) is 58.3 Å². The van der Waals surface area contributed by atoms with Gasteiger partial charge in [-0.25, -0.2) is 8.61 Å². The first-order valence-electron chi connectivity index (χ1n) is 13.7. The van der Waals surface area contributed by atoms with Crippen molar-refractivity contribution in [3.63, 3.8) is 0 Å². The lowest BCUT2D eigenvalue weighted by Crippen LogP contribution is -2.43. The van der Waals surface area contributed by atoms with Gasteiger partial charge in [0.05, 0.1) is 4.58 Å². The highest BCUT2D eigenvalue weighted by atomic mass is 32.2. The first-order chi connectivity index (χ1) is 14.8. The molecule has 0 heterocycles. The molecule has 30 heavy (non-hydrogen) atoms. The van der Waals surface area contributed by atoms with E-state index < -0.39 is 0 Å². The molecule has 4 heteroatoms. The minimum atomic E-state index is 0.665. The van der Waals surface area contributed by atoms with E-state index in [-0.39, 0.29) is 0 Å². The largest absolute Gasteiger partial charge is 0.243 e. The Morgan fingerprint density at radius 1 is 0.433 bits per heavy atom. The fourth-order valence-electron chi connectivity index (χ4n) is 6.64. The lowest BCUT2D eigenvalue weighted by atomic mass is 9.91. The Morgan fingerprint density at radius 2 is 0.667 bits per heavy atom. The average molecular weight is 453 g/mol. The van der Waals surface area contributed by atoms with E-state index in [0.29, 0.717) is 4.58 Å². The smallest absolute Gasteiger partial charge is 0.0768 e. The van der Waals surface area contributed by atoms with Crippen LogP contribution in [0.5, 0.6) is 0 Å². The average Bonchev–Trinajstić information content (AvgIpc) is 2.83. The summed E-state index contributed by atoms with van der Waals surface area (Å²) in [6.45, 7) is 2.53. The molecular formula is C26H48N2S2. The molecular weight excluding hydrogens is 404 g/mol. The number of hydrogen-bond donors (Lipinski definition) is 0. The second-order valence-corrected chi connectivity index (χ2v) is 13.6. The molecule has 0 atom stereocenters. The van der Waals surface area contributed by atoms with E-state index >= 15 is 0 Å². The van der Waals surface area contributed by atoms with Crippen molar-refractivity contribution >= 4 is 23.9 Å². The Kier molecular flexibility index (Phi) is 10.1. The second kappa shape index (κ2) is 12.8. The van der Waals surface area contributed by atoms with Crippen molar-refractivity contribution in [1.82, 2.24) is 8.61 Å². The minimum Gasteiger partial charge on any atom is -0.243 e. The van der Waals surface area contributed by atoms with Crippen LogP contribution in [0, 0.1) is 0 Å². The maximum absolute atomic E-state index is 2.97. The van der Waals surface area contributed by atoms with Gasteiger partial charge in [-0.15, -0.1) is 0 Å². The molecule has 0 aromatic heterocycles. The third-order valence-corrected chi connectivity index (χ3v) is 11.1. The van der Waals surface area contributed by atoms with Crippen molar-refractivity contribution in [3.05, 3.63) is 0 Å². The van der Waals surface area contributed by atoms with Crippen molar-refractivity contribution in [2.24, 2.45) is 0 Å². The van der Waals surface area contributed by atoms with Crippen molar-refractivity contribution in [1.29, 1.82) is 0 Å². The van der Waals surface area contributed by atoms with Crippen LogP contribution in [0.3, 0.4) is 0 Å². The van der Waals surface area contributed by atoms with E-state index in [1.165, 1.54) is 128 Å². The van der Waals surface area contributed by atoms with Crippen LogP contribution >= 0.6 is 23.9 Å². The fourth-order valence-corrected chi connectivity index (χ4v) is 9.61. The number of nitrogens with zero attached hydrogens (tertiary/aromatic N) is 2. The Balaban J connectivity index is 1.40. The van der Waals surface area contributed by atoms with E-state index in [1.54, 1.807) is 0 Å². The summed E-state index contributed by atoms with van der Waals surface area (Å²) >= 11 is 4.54. The molecule has 0 spiro atoms. The van der Waals surface area contributed by atoms with Crippen LogP contribution in [0.15, 0.2) is 0 Å². The van der Waals surface area contributed by atoms with Crippen LogP contribution in [0.4, 0.5) is 0 Å². The lowest BCUT2D eigenvalue weighted by molar-refractivity contribution is 0.182. The van der Waals surface area contributed by atoms with E-state index in [0.717, 1.165) is 24.2 Å². The molecule has 4 fully saturated rings. The summed E-state index contributed by atoms with van der Waals surface area (Å²) in [5.41, 5.74) is 0. The monoisotopic (exact) mass is 452 g/mol. The standard InChI is InChI=1S/C26H48N2S2/c1-22(29-27(23-14-6-2-7-15-23)24-16-8-3-9-17-24)30-28(25-18-10-4-11-19-25)26-20-12-5-13-21-26/h22-26H,2-21H2,1H3. The molecule has 0 amide bonds. The highest BCUT2D eigenvalue weighted by Gasteiger charge is 2.34. The molecule has 4 saturated carbocycles. The first kappa shape index (κ1) is 23.8. The van der Waals surface area contributed by atoms with Gasteiger partial charge in [0.25, 0.3) is 0 Å². The Bertz CT molecular complexity index is 386. The molecule has 4 aliphatic carbocycles. The van der Waals surface area contributed by atoms with Gasteiger partial charge in [-0.2, -0.15) is 0 Å². The summed E-state index contributed by atoms with van der Waals surface area (Å²) in [5.74, 6) is 0. The number of rotatable bonds is 8. The van der Waals surface area contributed by atoms with Crippen molar-refractivity contribution < 1.29 is 0 Å². The third-order valence-electron chi connectivity index (χ3n) is 8.28. The Morgan fingerprint density at radius 3 is 0.900 bits per heavy atom. The van der Waals surface area contributed by atoms with Gasteiger partial charge >= 0.3 is 0 Å². The Labute approximate surface area is 196 Å². The molecule has 0 saturated heterocycles. The topological polar surface area (TPSA) is 6.48 Å². The zero-order valence-electron chi connectivity index (χ0n) is 19.7. The first-order valence-corrected chi connectivity index (χ1v) is 15.4. The van der Waals surface area contributed by atoms with Crippen LogP contribution in [-0.4, -0.2) is 37.4 Å². The van der Waals surface area contributed by atoms with Crippen molar-refractivity contribution in [3.8, 4) is 0 Å². The zero-order valence-corrected chi connectivity index (χ0v) is 21.4. The molecule has 174 valence electrons. The molecule has 0 aromatic rings. The maximum atomic E-state index is 2.97. The van der Waals surface area contributed by atoms with E-state index in [9.17, 15) is 0 Å². The third kappa shape index (κ3) is 6.81. The summed E-state index contributed by atoms with van der Waals surface area (Å²) in [7, 11) is 0. The van der Waals surface area contributed by atoms with Gasteiger partial charge in [-0.3, -0.25) is 0 Å². The molecule has 0 N–H and O–H groups in total. The van der Waals surface area contributed by atoms with Crippen LogP contribution in [0.1, 0.15) is 135 Å². The van der Waals surface area contributed by atoms with Crippen LogP contribution in [0.2, 0.25) is 0 Å². The van der Waals surface area contributed by atoms with Gasteiger partial charge in [0.15, 0.2) is 0 Å². The predicted octanol–water partition coefficient (Wildman–Crippen LogP) is 8.56. The summed E-state index contributed by atoms with van der Waals surface area (Å²) in [5, 5.41) is 0. The van der Waals surface area contributed by atoms with Crippen molar-refractivity contribution in [2.45, 2.75) is 164 Å². The predicted molar refractivity (Wildman–Crippen MR) is 136 cm³/mol. The van der Waals surface area contributed by atoms with E-state index in [4.69, 9.17) is 0 Å². The number of hydrogen-bond acceptors (Lipinski definition) is 4. The fraction of sp³-hybridized carbons (Fsp3) is 1.00. The van der Waals surface area contributed by atoms with Crippen LogP contribution in [0.25, 0.3) is 0 Å². The highest BCUT2D eigenvalue weighted by Crippen LogP contribution is 2.43. The molecule has 4 rings (SSSR count). The molecule has 0 bridgehead atoms. The summed E-state index contributed by atoms with van der Waals surface area (Å²) in [6.07, 6.45) is 29.2. The minimum absolute atomic E-state index is 0.665. The van der Waals surface area contributed by atoms with Gasteiger partial charge in [0.2, 0.25) is 0 Å². The molecule has 0 aromatic carbocycles. The van der Waals surface area contributed by atoms with Gasteiger partial charge < -0.3 is 0 Å². The van der Waals surface area contributed by atoms with Crippen molar-refractivity contribution in [2.75, 3.05) is 0 Å². The lowest BCUT2D eigenvalue weighted by Gasteiger charge is -2.44. The molecule has 4 aliphatic rings. The summed E-state index contributed by atoms with van der Waals surface area (Å²) in [6, 6.07) is 3.42. The quantitative estimate of drug-likeness (QED) is 0.268. The SMILES string of the molecule is CC(SN(C1CCCCC1)C1CCCCC1)SN(C1CCCCC1)C1CCCCC1. The van der Waals surface area contributed by atoms with Crippen LogP contribution in [-0.2, 0) is 0 Å². The van der Waals surface area contributed by atoms with Gasteiger partial charge in [0.1, 0.15) is 0 Å². The summed E-state index contributed by atoms with van der Waals surface area (Å²) < 4.78 is 6.60. The second-order valence-electron chi connectivity index (χ2n) is 10.7. The highest BCUT2D eigenvalue weighted by molar-refractivity contribution is 8.14. The molecule has 2 nitrogen and oxygen atoms in total. The Hall–Kier alpha value is 0.620. The molecule has 0 unspecified atom stereocenters.